The van der Waals surface area contributed by atoms with Gasteiger partial charge < -0.3 is 10.2 Å². The molecule has 150 valence electrons. The Morgan fingerprint density at radius 1 is 1.00 bits per heavy atom. The smallest absolute Gasteiger partial charge is 0.321 e. The molecule has 0 bridgehead atoms. The van der Waals surface area contributed by atoms with E-state index in [0.29, 0.717) is 29.2 Å². The molecule has 3 aromatic rings. The highest BCUT2D eigenvalue weighted by atomic mass is 19.1. The summed E-state index contributed by atoms with van der Waals surface area (Å²) in [7, 11) is 0. The summed E-state index contributed by atoms with van der Waals surface area (Å²) in [4.78, 5) is 23.2. The first-order chi connectivity index (χ1) is 14.7. The molecule has 3 heterocycles. The summed E-state index contributed by atoms with van der Waals surface area (Å²) >= 11 is 0. The topological polar surface area (TPSA) is 57.6 Å². The predicted octanol–water partition coefficient (Wildman–Crippen LogP) is 5.19. The van der Waals surface area contributed by atoms with Gasteiger partial charge in [-0.2, -0.15) is 0 Å². The lowest BCUT2D eigenvalue weighted by Crippen LogP contribution is -2.32. The third-order valence-corrected chi connectivity index (χ3v) is 5.57. The molecular formula is C24H21FN4O. The molecule has 1 N–H and O–H groups in total. The average molecular weight is 400 g/mol. The quantitative estimate of drug-likeness (QED) is 0.658. The van der Waals surface area contributed by atoms with Crippen LogP contribution in [0.5, 0.6) is 0 Å². The number of benzene rings is 2. The molecule has 2 aromatic carbocycles. The van der Waals surface area contributed by atoms with Crippen molar-refractivity contribution in [2.75, 3.05) is 18.4 Å². The van der Waals surface area contributed by atoms with Crippen LogP contribution in [0.2, 0.25) is 0 Å². The van der Waals surface area contributed by atoms with E-state index in [-0.39, 0.29) is 11.8 Å². The number of anilines is 1. The van der Waals surface area contributed by atoms with Crippen molar-refractivity contribution in [1.29, 1.82) is 0 Å². The standard InChI is InChI=1S/C24H21FN4O/c25-21-9-8-19(27-24(30)29-10-4-5-11-29)14-20(21)22-13-17-12-18(15-26-23(17)28-22)16-6-2-1-3-7-16/h1-3,6-9,12,14-15H,4-5,10-11,13H2,(H,27,30). The number of likely N-dealkylation sites (tertiary alicyclic amines) is 1. The highest BCUT2D eigenvalue weighted by molar-refractivity contribution is 6.07. The van der Waals surface area contributed by atoms with Gasteiger partial charge in [-0.05, 0) is 42.7 Å². The molecule has 0 atom stereocenters. The van der Waals surface area contributed by atoms with Crippen LogP contribution in [0.3, 0.4) is 0 Å². The minimum atomic E-state index is -0.357. The zero-order chi connectivity index (χ0) is 20.5. The normalized spacial score (nSPS) is 15.1. The van der Waals surface area contributed by atoms with Crippen LogP contribution in [0.15, 0.2) is 65.8 Å². The van der Waals surface area contributed by atoms with Crippen LogP contribution in [0.4, 0.5) is 20.7 Å². The number of carbonyl (C=O) groups excluding carboxylic acids is 1. The van der Waals surface area contributed by atoms with E-state index in [1.165, 1.54) is 6.07 Å². The fourth-order valence-corrected chi connectivity index (χ4v) is 3.97. The lowest BCUT2D eigenvalue weighted by molar-refractivity contribution is 0.222. The summed E-state index contributed by atoms with van der Waals surface area (Å²) in [6.45, 7) is 1.52. The fourth-order valence-electron chi connectivity index (χ4n) is 3.97. The molecule has 1 fully saturated rings. The van der Waals surface area contributed by atoms with E-state index < -0.39 is 0 Å². The van der Waals surface area contributed by atoms with Crippen molar-refractivity contribution >= 4 is 23.2 Å². The number of carbonyl (C=O) groups is 1. The molecule has 0 radical (unpaired) electrons. The summed E-state index contributed by atoms with van der Waals surface area (Å²) in [6.07, 6.45) is 4.34. The zero-order valence-corrected chi connectivity index (χ0v) is 16.4. The lowest BCUT2D eigenvalue weighted by atomic mass is 10.0. The maximum absolute atomic E-state index is 14.6. The van der Waals surface area contributed by atoms with Gasteiger partial charge in [0.05, 0.1) is 5.71 Å². The third kappa shape index (κ3) is 3.56. The van der Waals surface area contributed by atoms with Gasteiger partial charge in [-0.3, -0.25) is 0 Å². The summed E-state index contributed by atoms with van der Waals surface area (Å²) in [5, 5.41) is 2.88. The van der Waals surface area contributed by atoms with Gasteiger partial charge in [0.25, 0.3) is 0 Å². The molecule has 1 saturated heterocycles. The number of rotatable bonds is 3. The van der Waals surface area contributed by atoms with E-state index in [2.05, 4.69) is 21.4 Å². The van der Waals surface area contributed by atoms with Crippen molar-refractivity contribution in [3.05, 3.63) is 77.7 Å². The molecule has 0 spiro atoms. The number of urea groups is 1. The summed E-state index contributed by atoms with van der Waals surface area (Å²) in [5.41, 5.74) is 4.65. The number of nitrogens with one attached hydrogen (secondary N) is 1. The van der Waals surface area contributed by atoms with Crippen LogP contribution in [0, 0.1) is 5.82 Å². The van der Waals surface area contributed by atoms with E-state index in [9.17, 15) is 9.18 Å². The van der Waals surface area contributed by atoms with Gasteiger partial charge in [0, 0.05) is 48.1 Å². The number of nitrogens with zero attached hydrogens (tertiary/aromatic N) is 3. The van der Waals surface area contributed by atoms with Crippen molar-refractivity contribution in [3.8, 4) is 11.1 Å². The van der Waals surface area contributed by atoms with E-state index in [1.807, 2.05) is 30.3 Å². The van der Waals surface area contributed by atoms with Gasteiger partial charge in [-0.15, -0.1) is 0 Å². The maximum Gasteiger partial charge on any atom is 0.321 e. The summed E-state index contributed by atoms with van der Waals surface area (Å²) in [5.74, 6) is 0.264. The van der Waals surface area contributed by atoms with Crippen molar-refractivity contribution in [2.24, 2.45) is 4.99 Å². The molecule has 5 rings (SSSR count). The van der Waals surface area contributed by atoms with Crippen molar-refractivity contribution in [3.63, 3.8) is 0 Å². The SMILES string of the molecule is O=C(Nc1ccc(F)c(C2=Nc3ncc(-c4ccccc4)cc3C2)c1)N1CCCC1. The molecule has 0 aliphatic carbocycles. The number of aromatic nitrogens is 1. The number of hydrogen-bond donors (Lipinski definition) is 1. The Morgan fingerprint density at radius 3 is 2.60 bits per heavy atom. The van der Waals surface area contributed by atoms with Gasteiger partial charge in [-0.25, -0.2) is 19.2 Å². The first-order valence-corrected chi connectivity index (χ1v) is 10.2. The minimum Gasteiger partial charge on any atom is -0.325 e. The van der Waals surface area contributed by atoms with Crippen LogP contribution in [0.25, 0.3) is 11.1 Å². The lowest BCUT2D eigenvalue weighted by Gasteiger charge is -2.16. The zero-order valence-electron chi connectivity index (χ0n) is 16.4. The number of pyridine rings is 1. The van der Waals surface area contributed by atoms with Gasteiger partial charge in [0.2, 0.25) is 0 Å². The highest BCUT2D eigenvalue weighted by Gasteiger charge is 2.22. The van der Waals surface area contributed by atoms with E-state index in [1.54, 1.807) is 23.2 Å². The number of halogens is 1. The summed E-state index contributed by atoms with van der Waals surface area (Å²) in [6, 6.07) is 16.6. The minimum absolute atomic E-state index is 0.143. The Bertz CT molecular complexity index is 1140. The molecule has 6 heteroatoms. The first-order valence-electron chi connectivity index (χ1n) is 10.2. The molecule has 2 aliphatic heterocycles. The van der Waals surface area contributed by atoms with Crippen LogP contribution in [0.1, 0.15) is 24.0 Å². The second-order valence-corrected chi connectivity index (χ2v) is 7.63. The molecule has 1 aromatic heterocycles. The highest BCUT2D eigenvalue weighted by Crippen LogP contribution is 2.32. The van der Waals surface area contributed by atoms with Crippen LogP contribution < -0.4 is 5.32 Å². The average Bonchev–Trinajstić information content (AvgIpc) is 3.45. The van der Waals surface area contributed by atoms with E-state index >= 15 is 0 Å². The maximum atomic E-state index is 14.6. The number of fused-ring (bicyclic) bond motifs is 1. The van der Waals surface area contributed by atoms with Crippen molar-refractivity contribution in [1.82, 2.24) is 9.88 Å². The molecule has 5 nitrogen and oxygen atoms in total. The second kappa shape index (κ2) is 7.71. The summed E-state index contributed by atoms with van der Waals surface area (Å²) < 4.78 is 14.6. The van der Waals surface area contributed by atoms with Crippen LogP contribution in [-0.4, -0.2) is 34.7 Å². The molecule has 0 unspecified atom stereocenters. The fraction of sp³-hybridized carbons (Fsp3) is 0.208. The van der Waals surface area contributed by atoms with Crippen LogP contribution in [-0.2, 0) is 6.42 Å². The van der Waals surface area contributed by atoms with Crippen LogP contribution >= 0.6 is 0 Å². The number of amides is 2. The molecule has 2 amide bonds. The van der Waals surface area contributed by atoms with Gasteiger partial charge in [0.1, 0.15) is 5.82 Å². The second-order valence-electron chi connectivity index (χ2n) is 7.63. The Kier molecular flexibility index (Phi) is 4.75. The monoisotopic (exact) mass is 400 g/mol. The molecule has 30 heavy (non-hydrogen) atoms. The molecular weight excluding hydrogens is 379 g/mol. The number of hydrogen-bond acceptors (Lipinski definition) is 3. The van der Waals surface area contributed by atoms with E-state index in [4.69, 9.17) is 0 Å². The van der Waals surface area contributed by atoms with Gasteiger partial charge >= 0.3 is 6.03 Å². The Morgan fingerprint density at radius 2 is 1.80 bits per heavy atom. The predicted molar refractivity (Wildman–Crippen MR) is 116 cm³/mol. The van der Waals surface area contributed by atoms with Gasteiger partial charge in [-0.1, -0.05) is 30.3 Å². The first kappa shape index (κ1) is 18.5. The van der Waals surface area contributed by atoms with Crippen molar-refractivity contribution < 1.29 is 9.18 Å². The molecule has 0 saturated carbocycles. The molecule has 2 aliphatic rings. The van der Waals surface area contributed by atoms with E-state index in [0.717, 1.165) is 42.6 Å². The van der Waals surface area contributed by atoms with Crippen molar-refractivity contribution in [2.45, 2.75) is 19.3 Å². The number of aliphatic imine (C=N–C) groups is 1. The third-order valence-electron chi connectivity index (χ3n) is 5.57. The largest absolute Gasteiger partial charge is 0.325 e. The Balaban J connectivity index is 1.38. The Labute approximate surface area is 174 Å². The van der Waals surface area contributed by atoms with Gasteiger partial charge in [0.15, 0.2) is 5.82 Å². The Hall–Kier alpha value is -3.54.